The Kier molecular flexibility index (Phi) is 17.4. The van der Waals surface area contributed by atoms with Gasteiger partial charge in [-0.1, -0.05) is 91.9 Å². The van der Waals surface area contributed by atoms with Gasteiger partial charge >= 0.3 is 11.9 Å². The second-order valence-electron chi connectivity index (χ2n) is 7.35. The van der Waals surface area contributed by atoms with Crippen LogP contribution in [0.3, 0.4) is 0 Å². The second-order valence-corrected chi connectivity index (χ2v) is 8.95. The van der Waals surface area contributed by atoms with Crippen molar-refractivity contribution in [3.05, 3.63) is 0 Å². The summed E-state index contributed by atoms with van der Waals surface area (Å²) in [5.74, 6) is -1.48. The van der Waals surface area contributed by atoms with Crippen LogP contribution in [0.4, 0.5) is 0 Å². The fraction of sp³-hybridized carbons (Fsp3) is 0.900. The Balaban J connectivity index is 0. The molecule has 3 unspecified atom stereocenters. The van der Waals surface area contributed by atoms with E-state index in [1.807, 2.05) is 0 Å². The maximum Gasteiger partial charge on any atom is 0.325 e. The molecule has 0 aromatic carbocycles. The number of hydrogen-bond donors (Lipinski definition) is 3. The van der Waals surface area contributed by atoms with Gasteiger partial charge in [-0.3, -0.25) is 14.1 Å². The van der Waals surface area contributed by atoms with Gasteiger partial charge in [0, 0.05) is 0 Å². The normalized spacial score (nSPS) is 14.5. The first-order valence-corrected chi connectivity index (χ1v) is 11.9. The predicted molar refractivity (Wildman–Crippen MR) is 111 cm³/mol. The quantitative estimate of drug-likeness (QED) is 0.315. The highest BCUT2D eigenvalue weighted by atomic mass is 32.2. The van der Waals surface area contributed by atoms with Gasteiger partial charge in [0.05, 0.1) is 6.42 Å². The molecule has 0 saturated carbocycles. The summed E-state index contributed by atoms with van der Waals surface area (Å²) in [4.78, 5) is 20.0. The molecule has 0 spiro atoms. The summed E-state index contributed by atoms with van der Waals surface area (Å²) in [7, 11) is -4.84. The highest BCUT2D eigenvalue weighted by Crippen LogP contribution is 2.25. The van der Waals surface area contributed by atoms with Crippen molar-refractivity contribution in [3.8, 4) is 0 Å². The third-order valence-corrected chi connectivity index (χ3v) is 6.15. The summed E-state index contributed by atoms with van der Waals surface area (Å²) in [6.45, 7) is 9.35. The predicted octanol–water partition coefficient (Wildman–Crippen LogP) is 5.00. The van der Waals surface area contributed by atoms with Crippen LogP contribution >= 0.6 is 0 Å². The molecule has 0 saturated heterocycles. The zero-order chi connectivity index (χ0) is 22.2. The first-order chi connectivity index (χ1) is 13.0. The molecule has 0 amide bonds. The molecule has 0 fully saturated rings. The fourth-order valence-electron chi connectivity index (χ4n) is 3.04. The molecule has 0 heterocycles. The van der Waals surface area contributed by atoms with E-state index in [-0.39, 0.29) is 0 Å². The molecule has 0 aliphatic carbocycles. The van der Waals surface area contributed by atoms with Crippen LogP contribution in [0.25, 0.3) is 0 Å². The van der Waals surface area contributed by atoms with E-state index in [2.05, 4.69) is 27.7 Å². The van der Waals surface area contributed by atoms with Crippen molar-refractivity contribution in [3.63, 3.8) is 0 Å². The second kappa shape index (κ2) is 16.8. The average molecular weight is 425 g/mol. The third kappa shape index (κ3) is 15.9. The van der Waals surface area contributed by atoms with Gasteiger partial charge < -0.3 is 10.2 Å². The largest absolute Gasteiger partial charge is 0.481 e. The molecule has 0 rings (SSSR count). The summed E-state index contributed by atoms with van der Waals surface area (Å²) in [6.07, 6.45) is 13.1. The summed E-state index contributed by atoms with van der Waals surface area (Å²) < 4.78 is 28.7. The number of carboxylic acid groups (broad SMARTS) is 2. The maximum absolute atomic E-state index is 10.2. The molecule has 8 heteroatoms. The van der Waals surface area contributed by atoms with E-state index in [1.165, 1.54) is 64.2 Å². The molecule has 168 valence electrons. The Morgan fingerprint density at radius 1 is 0.786 bits per heavy atom. The standard InChI is InChI=1S/C16H34.C4H6O7S/c1-5-9-11-15(7-3)13-14-16(8-4)12-10-6-2;5-3(6)1-2(4(7)8)12(9,10)11/h15-16H,5-14H2,1-4H3;2H,1H2,(H,5,6)(H,7,8)(H,9,10,11). The van der Waals surface area contributed by atoms with E-state index in [4.69, 9.17) is 14.8 Å². The van der Waals surface area contributed by atoms with Crippen molar-refractivity contribution in [1.29, 1.82) is 0 Å². The molecule has 7 nitrogen and oxygen atoms in total. The number of aliphatic carboxylic acids is 2. The van der Waals surface area contributed by atoms with Gasteiger partial charge in [-0.15, -0.1) is 0 Å². The van der Waals surface area contributed by atoms with Crippen LogP contribution in [0.2, 0.25) is 0 Å². The lowest BCUT2D eigenvalue weighted by Gasteiger charge is -2.19. The van der Waals surface area contributed by atoms with Crippen LogP contribution < -0.4 is 0 Å². The van der Waals surface area contributed by atoms with Gasteiger partial charge in [-0.2, -0.15) is 8.42 Å². The first-order valence-electron chi connectivity index (χ1n) is 10.4. The van der Waals surface area contributed by atoms with Crippen molar-refractivity contribution in [2.45, 2.75) is 104 Å². The lowest BCUT2D eigenvalue weighted by Crippen LogP contribution is -2.31. The molecule has 3 N–H and O–H groups in total. The van der Waals surface area contributed by atoms with E-state index in [0.717, 1.165) is 11.8 Å². The minimum Gasteiger partial charge on any atom is -0.481 e. The van der Waals surface area contributed by atoms with E-state index >= 15 is 0 Å². The lowest BCUT2D eigenvalue weighted by atomic mass is 9.87. The number of unbranched alkanes of at least 4 members (excludes halogenated alkanes) is 2. The van der Waals surface area contributed by atoms with Crippen LogP contribution in [0.1, 0.15) is 98.3 Å². The van der Waals surface area contributed by atoms with Crippen molar-refractivity contribution < 1.29 is 32.8 Å². The molecule has 0 aliphatic rings. The highest BCUT2D eigenvalue weighted by Gasteiger charge is 2.33. The molecule has 0 bridgehead atoms. The van der Waals surface area contributed by atoms with Crippen LogP contribution in [0, 0.1) is 11.8 Å². The Labute approximate surface area is 170 Å². The molecule has 3 atom stereocenters. The lowest BCUT2D eigenvalue weighted by molar-refractivity contribution is -0.143. The van der Waals surface area contributed by atoms with E-state index in [1.54, 1.807) is 0 Å². The van der Waals surface area contributed by atoms with Gasteiger partial charge in [0.2, 0.25) is 0 Å². The number of rotatable bonds is 15. The molecular formula is C20H40O7S. The zero-order valence-corrected chi connectivity index (χ0v) is 18.7. The Hall–Kier alpha value is -1.15. The molecule has 0 aromatic rings. The minimum absolute atomic E-state index is 1.01. The summed E-state index contributed by atoms with van der Waals surface area (Å²) in [5, 5.41) is 13.9. The Morgan fingerprint density at radius 2 is 1.18 bits per heavy atom. The SMILES string of the molecule is CCCCC(CC)CCC(CC)CCCC.O=C(O)CC(C(=O)O)S(=O)(=O)O. The number of hydrogen-bond acceptors (Lipinski definition) is 4. The van der Waals surface area contributed by atoms with Gasteiger partial charge in [-0.05, 0) is 11.8 Å². The summed E-state index contributed by atoms with van der Waals surface area (Å²) in [5.41, 5.74) is 0. The van der Waals surface area contributed by atoms with Crippen LogP contribution in [0.15, 0.2) is 0 Å². The Bertz CT molecular complexity index is 501. The van der Waals surface area contributed by atoms with Crippen LogP contribution in [0.5, 0.6) is 0 Å². The fourth-order valence-corrected chi connectivity index (χ4v) is 3.65. The summed E-state index contributed by atoms with van der Waals surface area (Å²) >= 11 is 0. The monoisotopic (exact) mass is 424 g/mol. The van der Waals surface area contributed by atoms with E-state index in [9.17, 15) is 18.0 Å². The van der Waals surface area contributed by atoms with Gasteiger partial charge in [0.1, 0.15) is 0 Å². The Morgan fingerprint density at radius 3 is 1.36 bits per heavy atom. The molecule has 0 aromatic heterocycles. The topological polar surface area (TPSA) is 129 Å². The van der Waals surface area contributed by atoms with Gasteiger partial charge in [-0.25, -0.2) is 0 Å². The number of carbonyl (C=O) groups is 2. The minimum atomic E-state index is -4.84. The zero-order valence-electron chi connectivity index (χ0n) is 17.9. The van der Waals surface area contributed by atoms with Crippen molar-refractivity contribution in [2.24, 2.45) is 11.8 Å². The smallest absolute Gasteiger partial charge is 0.325 e. The molecule has 0 aliphatic heterocycles. The van der Waals surface area contributed by atoms with E-state index in [0.29, 0.717) is 0 Å². The van der Waals surface area contributed by atoms with Crippen molar-refractivity contribution in [1.82, 2.24) is 0 Å². The van der Waals surface area contributed by atoms with E-state index < -0.39 is 33.7 Å². The summed E-state index contributed by atoms with van der Waals surface area (Å²) in [6, 6.07) is 0. The van der Waals surface area contributed by atoms with Gasteiger partial charge in [0.25, 0.3) is 10.1 Å². The van der Waals surface area contributed by atoms with Crippen molar-refractivity contribution in [2.75, 3.05) is 0 Å². The third-order valence-electron chi connectivity index (χ3n) is 5.06. The maximum atomic E-state index is 10.2. The van der Waals surface area contributed by atoms with Crippen LogP contribution in [-0.4, -0.2) is 40.4 Å². The molecular weight excluding hydrogens is 384 g/mol. The van der Waals surface area contributed by atoms with Crippen LogP contribution in [-0.2, 0) is 19.7 Å². The average Bonchev–Trinajstić information content (AvgIpc) is 2.61. The first kappa shape index (κ1) is 29.1. The molecule has 0 radical (unpaired) electrons. The molecule has 28 heavy (non-hydrogen) atoms. The highest BCUT2D eigenvalue weighted by molar-refractivity contribution is 7.87. The van der Waals surface area contributed by atoms with Gasteiger partial charge in [0.15, 0.2) is 5.25 Å². The number of carboxylic acids is 2. The van der Waals surface area contributed by atoms with Crippen molar-refractivity contribution >= 4 is 22.1 Å².